The maximum Gasteiger partial charge on any atom is 0.429 e. The third-order valence-corrected chi connectivity index (χ3v) is 3.07. The minimum absolute atomic E-state index is 0.0828. The Morgan fingerprint density at radius 3 is 1.35 bits per heavy atom. The van der Waals surface area contributed by atoms with E-state index in [1.807, 2.05) is 0 Å². The standard InChI is InChI=1S/C11H14F9NO2/c1-5(7(2,3)4)23-6(22)21-8(9(12,13)14,10(15,16)17)11(18,19)20/h5H,1-4H3,(H,21,22)/t5-/m1/s1. The number of alkyl halides is 9. The van der Waals surface area contributed by atoms with Crippen LogP contribution >= 0.6 is 0 Å². The van der Waals surface area contributed by atoms with E-state index in [0.29, 0.717) is 0 Å². The van der Waals surface area contributed by atoms with Gasteiger partial charge in [-0.2, -0.15) is 39.5 Å². The Kier molecular flexibility index (Phi) is 5.58. The third kappa shape index (κ3) is 4.34. The molecule has 0 radical (unpaired) electrons. The van der Waals surface area contributed by atoms with Gasteiger partial charge in [-0.3, -0.25) is 5.32 Å². The highest BCUT2D eigenvalue weighted by atomic mass is 19.4. The fraction of sp³-hybridized carbons (Fsp3) is 0.909. The summed E-state index contributed by atoms with van der Waals surface area (Å²) >= 11 is 0. The van der Waals surface area contributed by atoms with Gasteiger partial charge in [0.05, 0.1) is 0 Å². The van der Waals surface area contributed by atoms with E-state index in [1.165, 1.54) is 20.8 Å². The molecule has 1 amide bonds. The topological polar surface area (TPSA) is 38.3 Å². The quantitative estimate of drug-likeness (QED) is 0.730. The van der Waals surface area contributed by atoms with Crippen molar-refractivity contribution in [3.05, 3.63) is 0 Å². The number of alkyl carbamates (subject to hydrolysis) is 1. The molecule has 0 saturated carbocycles. The Balaban J connectivity index is 5.81. The van der Waals surface area contributed by atoms with E-state index in [1.54, 1.807) is 0 Å². The van der Waals surface area contributed by atoms with Crippen molar-refractivity contribution in [1.82, 2.24) is 5.32 Å². The second-order valence-corrected chi connectivity index (χ2v) is 5.78. The Labute approximate surface area is 125 Å². The van der Waals surface area contributed by atoms with Gasteiger partial charge in [-0.05, 0) is 12.3 Å². The molecule has 0 rings (SSSR count). The van der Waals surface area contributed by atoms with Gasteiger partial charge in [0.1, 0.15) is 6.10 Å². The number of halogens is 9. The molecular weight excluding hydrogens is 349 g/mol. The first-order chi connectivity index (χ1) is 9.77. The number of amides is 1. The lowest BCUT2D eigenvalue weighted by atomic mass is 9.90. The predicted octanol–water partition coefficient (Wildman–Crippen LogP) is 4.57. The van der Waals surface area contributed by atoms with Crippen LogP contribution in [-0.2, 0) is 4.74 Å². The number of hydrogen-bond acceptors (Lipinski definition) is 2. The van der Waals surface area contributed by atoms with Crippen molar-refractivity contribution in [3.8, 4) is 0 Å². The Bertz CT molecular complexity index is 395. The molecule has 0 fully saturated rings. The van der Waals surface area contributed by atoms with E-state index in [2.05, 4.69) is 4.74 Å². The van der Waals surface area contributed by atoms with Gasteiger partial charge in [0.2, 0.25) is 0 Å². The second-order valence-electron chi connectivity index (χ2n) is 5.78. The number of ether oxygens (including phenoxy) is 1. The molecule has 0 aromatic heterocycles. The van der Waals surface area contributed by atoms with Gasteiger partial charge in [-0.15, -0.1) is 0 Å². The van der Waals surface area contributed by atoms with E-state index >= 15 is 0 Å². The van der Waals surface area contributed by atoms with E-state index < -0.39 is 41.7 Å². The highest BCUT2D eigenvalue weighted by Gasteiger charge is 2.85. The second kappa shape index (κ2) is 5.93. The van der Waals surface area contributed by atoms with Crippen LogP contribution in [0.4, 0.5) is 44.3 Å². The zero-order valence-electron chi connectivity index (χ0n) is 12.3. The maximum atomic E-state index is 12.6. The van der Waals surface area contributed by atoms with Gasteiger partial charge >= 0.3 is 30.2 Å². The Morgan fingerprint density at radius 2 is 1.13 bits per heavy atom. The molecule has 0 aliphatic rings. The summed E-state index contributed by atoms with van der Waals surface area (Å²) in [7, 11) is 0. The largest absolute Gasteiger partial charge is 0.446 e. The summed E-state index contributed by atoms with van der Waals surface area (Å²) in [4.78, 5) is 11.2. The smallest absolute Gasteiger partial charge is 0.429 e. The first-order valence-corrected chi connectivity index (χ1v) is 5.96. The van der Waals surface area contributed by atoms with Crippen molar-refractivity contribution < 1.29 is 49.0 Å². The zero-order chi connectivity index (χ0) is 19.1. The van der Waals surface area contributed by atoms with Gasteiger partial charge in [0.25, 0.3) is 0 Å². The summed E-state index contributed by atoms with van der Waals surface area (Å²) in [6, 6.07) is 0. The van der Waals surface area contributed by atoms with E-state index in [-0.39, 0.29) is 5.32 Å². The van der Waals surface area contributed by atoms with Crippen molar-refractivity contribution in [1.29, 1.82) is 0 Å². The van der Waals surface area contributed by atoms with Crippen molar-refractivity contribution in [2.45, 2.75) is 57.9 Å². The van der Waals surface area contributed by atoms with Crippen LogP contribution in [0.3, 0.4) is 0 Å². The van der Waals surface area contributed by atoms with Crippen molar-refractivity contribution in [2.75, 3.05) is 0 Å². The van der Waals surface area contributed by atoms with Crippen LogP contribution in [0.15, 0.2) is 0 Å². The average molecular weight is 363 g/mol. The van der Waals surface area contributed by atoms with Crippen LogP contribution in [0.5, 0.6) is 0 Å². The third-order valence-electron chi connectivity index (χ3n) is 3.07. The van der Waals surface area contributed by atoms with E-state index in [4.69, 9.17) is 0 Å². The average Bonchev–Trinajstić information content (AvgIpc) is 2.18. The van der Waals surface area contributed by atoms with Crippen molar-refractivity contribution in [3.63, 3.8) is 0 Å². The van der Waals surface area contributed by atoms with E-state index in [0.717, 1.165) is 6.92 Å². The van der Waals surface area contributed by atoms with Crippen molar-refractivity contribution in [2.24, 2.45) is 5.41 Å². The number of nitrogens with one attached hydrogen (secondary N) is 1. The predicted molar refractivity (Wildman–Crippen MR) is 59.4 cm³/mol. The highest BCUT2D eigenvalue weighted by Crippen LogP contribution is 2.52. The van der Waals surface area contributed by atoms with Gasteiger partial charge in [0.15, 0.2) is 0 Å². The van der Waals surface area contributed by atoms with Gasteiger partial charge in [-0.25, -0.2) is 4.79 Å². The number of hydrogen-bond donors (Lipinski definition) is 1. The number of carbonyl (C=O) groups excluding carboxylic acids is 1. The molecule has 0 heterocycles. The Morgan fingerprint density at radius 1 is 0.826 bits per heavy atom. The Hall–Kier alpha value is -1.36. The number of carbonyl (C=O) groups is 1. The molecule has 1 atom stereocenters. The molecule has 23 heavy (non-hydrogen) atoms. The molecule has 0 aromatic rings. The van der Waals surface area contributed by atoms with Crippen LogP contribution in [0, 0.1) is 5.41 Å². The first kappa shape index (κ1) is 21.6. The highest BCUT2D eigenvalue weighted by molar-refractivity contribution is 5.69. The maximum absolute atomic E-state index is 12.6. The van der Waals surface area contributed by atoms with E-state index in [9.17, 15) is 44.3 Å². The molecular formula is C11H14F9NO2. The fourth-order valence-corrected chi connectivity index (χ4v) is 1.21. The molecule has 138 valence electrons. The lowest BCUT2D eigenvalue weighted by molar-refractivity contribution is -0.387. The normalized spacial score (nSPS) is 16.0. The van der Waals surface area contributed by atoms with Crippen molar-refractivity contribution >= 4 is 6.09 Å². The van der Waals surface area contributed by atoms with Crippen LogP contribution in [0.25, 0.3) is 0 Å². The molecule has 0 aliphatic heterocycles. The summed E-state index contributed by atoms with van der Waals surface area (Å²) in [5.74, 6) is 0. The summed E-state index contributed by atoms with van der Waals surface area (Å²) in [6.45, 7) is 5.34. The molecule has 0 spiro atoms. The first-order valence-electron chi connectivity index (χ1n) is 5.96. The molecule has 0 saturated heterocycles. The van der Waals surface area contributed by atoms with Crippen LogP contribution in [0.1, 0.15) is 27.7 Å². The molecule has 1 N–H and O–H groups in total. The minimum Gasteiger partial charge on any atom is -0.446 e. The minimum atomic E-state index is -6.88. The van der Waals surface area contributed by atoms with Gasteiger partial charge in [-0.1, -0.05) is 20.8 Å². The number of rotatable bonds is 2. The van der Waals surface area contributed by atoms with Crippen LogP contribution in [-0.4, -0.2) is 36.3 Å². The van der Waals surface area contributed by atoms with Gasteiger partial charge in [0, 0.05) is 0 Å². The lowest BCUT2D eigenvalue weighted by Gasteiger charge is -2.39. The van der Waals surface area contributed by atoms with Crippen LogP contribution < -0.4 is 5.32 Å². The summed E-state index contributed by atoms with van der Waals surface area (Å²) < 4.78 is 118. The molecule has 3 nitrogen and oxygen atoms in total. The molecule has 0 aliphatic carbocycles. The lowest BCUT2D eigenvalue weighted by Crippen LogP contribution is -2.75. The summed E-state index contributed by atoms with van der Waals surface area (Å²) in [6.07, 6.45) is -24.4. The summed E-state index contributed by atoms with van der Waals surface area (Å²) in [5, 5.41) is -0.0828. The molecule has 0 aromatic carbocycles. The molecule has 0 bridgehead atoms. The molecule has 0 unspecified atom stereocenters. The zero-order valence-corrected chi connectivity index (χ0v) is 12.3. The molecule has 12 heteroatoms. The fourth-order valence-electron chi connectivity index (χ4n) is 1.21. The van der Waals surface area contributed by atoms with Gasteiger partial charge < -0.3 is 4.74 Å². The SMILES string of the molecule is C[C@@H](OC(=O)NC(C(F)(F)F)(C(F)(F)F)C(F)(F)F)C(C)(C)C. The monoisotopic (exact) mass is 363 g/mol. The summed E-state index contributed by atoms with van der Waals surface area (Å²) in [5.41, 5.74) is -7.35. The van der Waals surface area contributed by atoms with Crippen LogP contribution in [0.2, 0.25) is 0 Å².